The van der Waals surface area contributed by atoms with Gasteiger partial charge in [0, 0.05) is 44.7 Å². The van der Waals surface area contributed by atoms with Crippen LogP contribution in [0.2, 0.25) is 0 Å². The average molecular weight is 525 g/mol. The Labute approximate surface area is 229 Å². The number of carbonyl (C=O) groups excluding carboxylic acids is 1. The summed E-state index contributed by atoms with van der Waals surface area (Å²) in [7, 11) is 3.66. The molecule has 1 aliphatic heterocycles. The van der Waals surface area contributed by atoms with E-state index in [-0.39, 0.29) is 11.8 Å². The Morgan fingerprint density at radius 3 is 2.58 bits per heavy atom. The number of hydrogen-bond donors (Lipinski definition) is 2. The third-order valence-corrected chi connectivity index (χ3v) is 7.69. The molecule has 0 aromatic heterocycles. The summed E-state index contributed by atoms with van der Waals surface area (Å²) in [6, 6.07) is 17.5. The molecular weight excluding hydrogens is 476 g/mol. The monoisotopic (exact) mass is 524 g/mol. The van der Waals surface area contributed by atoms with Crippen LogP contribution in [0.15, 0.2) is 54.6 Å². The van der Waals surface area contributed by atoms with Gasteiger partial charge < -0.3 is 24.8 Å². The van der Waals surface area contributed by atoms with Crippen LogP contribution >= 0.6 is 0 Å². The summed E-state index contributed by atoms with van der Waals surface area (Å²) in [4.78, 5) is 15.5. The molecular formula is C32H48N2O4. The van der Waals surface area contributed by atoms with Crippen molar-refractivity contribution in [1.29, 1.82) is 0 Å². The Hall–Kier alpha value is -2.41. The van der Waals surface area contributed by atoms with Gasteiger partial charge >= 0.3 is 0 Å². The fourth-order valence-electron chi connectivity index (χ4n) is 5.89. The topological polar surface area (TPSA) is 71.0 Å². The third-order valence-electron chi connectivity index (χ3n) is 7.69. The van der Waals surface area contributed by atoms with Crippen LogP contribution in [0.1, 0.15) is 64.4 Å². The van der Waals surface area contributed by atoms with Crippen molar-refractivity contribution in [1.82, 2.24) is 10.2 Å². The molecule has 6 nitrogen and oxygen atoms in total. The second-order valence-electron chi connectivity index (χ2n) is 11.2. The molecule has 2 aromatic rings. The predicted octanol–water partition coefficient (Wildman–Crippen LogP) is 5.99. The molecule has 0 aliphatic carbocycles. The molecule has 0 radical (unpaired) electrons. The summed E-state index contributed by atoms with van der Waals surface area (Å²) in [6.07, 6.45) is 5.62. The summed E-state index contributed by atoms with van der Waals surface area (Å²) in [5.41, 5.74) is -0.311. The smallest absolute Gasteiger partial charge is 0.222 e. The molecule has 1 saturated heterocycles. The minimum atomic E-state index is -1.11. The van der Waals surface area contributed by atoms with Crippen molar-refractivity contribution < 1.29 is 19.4 Å². The largest absolute Gasteiger partial charge is 0.457 e. The van der Waals surface area contributed by atoms with E-state index in [1.165, 1.54) is 0 Å². The first kappa shape index (κ1) is 30.1. The highest BCUT2D eigenvalue weighted by Gasteiger charge is 2.43. The van der Waals surface area contributed by atoms with Gasteiger partial charge in [-0.2, -0.15) is 0 Å². The standard InChI is InChI=1S/C32H48N2O4/c1-25(2)21-26(23-33-3)22-31(35)34-19-12-13-27(24-34)32(36,18-10-11-20-37-4)29-16-8-9-17-30(29)38-28-14-6-5-7-15-28/h5-9,14-17,25-27,33,36H,10-13,18-24H2,1-4H3/t26-,27-,32+/m1/s1. The lowest BCUT2D eigenvalue weighted by molar-refractivity contribution is -0.138. The van der Waals surface area contributed by atoms with Crippen LogP contribution in [0.5, 0.6) is 11.5 Å². The molecule has 2 N–H and O–H groups in total. The minimum Gasteiger partial charge on any atom is -0.457 e. The number of benzene rings is 2. The minimum absolute atomic E-state index is 0.0730. The Bertz CT molecular complexity index is 967. The van der Waals surface area contributed by atoms with E-state index < -0.39 is 5.60 Å². The van der Waals surface area contributed by atoms with Crippen molar-refractivity contribution in [2.45, 2.75) is 64.4 Å². The van der Waals surface area contributed by atoms with Gasteiger partial charge in [-0.3, -0.25) is 4.79 Å². The summed E-state index contributed by atoms with van der Waals surface area (Å²) in [6.45, 7) is 7.24. The zero-order valence-corrected chi connectivity index (χ0v) is 23.8. The highest BCUT2D eigenvalue weighted by atomic mass is 16.5. The van der Waals surface area contributed by atoms with Gasteiger partial charge in [-0.25, -0.2) is 0 Å². The maximum Gasteiger partial charge on any atom is 0.222 e. The summed E-state index contributed by atoms with van der Waals surface area (Å²) < 4.78 is 11.6. The summed E-state index contributed by atoms with van der Waals surface area (Å²) in [5, 5.41) is 15.7. The Morgan fingerprint density at radius 1 is 1.13 bits per heavy atom. The van der Waals surface area contributed by atoms with E-state index in [1.54, 1.807) is 7.11 Å². The molecule has 1 amide bonds. The number of methoxy groups -OCH3 is 1. The number of unbranched alkanes of at least 4 members (excludes halogenated alkanes) is 1. The number of carbonyl (C=O) groups is 1. The maximum atomic E-state index is 13.5. The normalized spacial score (nSPS) is 18.3. The first-order valence-electron chi connectivity index (χ1n) is 14.3. The number of aliphatic hydroxyl groups is 1. The second-order valence-corrected chi connectivity index (χ2v) is 11.2. The van der Waals surface area contributed by atoms with Gasteiger partial charge in [-0.1, -0.05) is 50.2 Å². The first-order chi connectivity index (χ1) is 18.4. The maximum absolute atomic E-state index is 13.5. The van der Waals surface area contributed by atoms with Gasteiger partial charge in [0.2, 0.25) is 5.91 Å². The number of hydrogen-bond acceptors (Lipinski definition) is 5. The van der Waals surface area contributed by atoms with Crippen LogP contribution in [0.4, 0.5) is 0 Å². The number of nitrogens with one attached hydrogen (secondary N) is 1. The van der Waals surface area contributed by atoms with E-state index in [1.807, 2.05) is 66.5 Å². The van der Waals surface area contributed by atoms with E-state index in [2.05, 4.69) is 19.2 Å². The van der Waals surface area contributed by atoms with Crippen LogP contribution in [-0.2, 0) is 15.1 Å². The van der Waals surface area contributed by atoms with Gasteiger partial charge in [0.05, 0.1) is 5.60 Å². The highest BCUT2D eigenvalue weighted by molar-refractivity contribution is 5.76. The number of para-hydroxylation sites is 2. The number of piperidine rings is 1. The predicted molar refractivity (Wildman–Crippen MR) is 153 cm³/mol. The molecule has 3 rings (SSSR count). The van der Waals surface area contributed by atoms with Gasteiger partial charge in [0.15, 0.2) is 0 Å². The number of likely N-dealkylation sites (tertiary alicyclic amines) is 1. The summed E-state index contributed by atoms with van der Waals surface area (Å²) in [5.74, 6) is 2.40. The molecule has 0 bridgehead atoms. The van der Waals surface area contributed by atoms with Gasteiger partial charge in [0.25, 0.3) is 0 Å². The average Bonchev–Trinajstić information content (AvgIpc) is 2.92. The molecule has 1 fully saturated rings. The van der Waals surface area contributed by atoms with Crippen molar-refractivity contribution in [3.8, 4) is 11.5 Å². The molecule has 2 aromatic carbocycles. The molecule has 1 aliphatic rings. The molecule has 0 spiro atoms. The fourth-order valence-corrected chi connectivity index (χ4v) is 5.89. The van der Waals surface area contributed by atoms with E-state index in [4.69, 9.17) is 9.47 Å². The van der Waals surface area contributed by atoms with Crippen LogP contribution < -0.4 is 10.1 Å². The molecule has 38 heavy (non-hydrogen) atoms. The SMILES string of the molecule is CNC[C@@H](CC(=O)N1CCC[C@@H]([C@@](O)(CCCCOC)c2ccccc2Oc2ccccc2)C1)CC(C)C. The van der Waals surface area contributed by atoms with Gasteiger partial charge in [0.1, 0.15) is 11.5 Å². The number of amides is 1. The molecule has 0 saturated carbocycles. The van der Waals surface area contributed by atoms with Crippen molar-refractivity contribution in [2.75, 3.05) is 40.4 Å². The third kappa shape index (κ3) is 8.55. The lowest BCUT2D eigenvalue weighted by Gasteiger charge is -2.43. The lowest BCUT2D eigenvalue weighted by atomic mass is 9.73. The lowest BCUT2D eigenvalue weighted by Crippen LogP contribution is -2.48. The molecule has 1 heterocycles. The number of ether oxygens (including phenoxy) is 2. The van der Waals surface area contributed by atoms with Crippen LogP contribution in [0, 0.1) is 17.8 Å². The van der Waals surface area contributed by atoms with Crippen molar-refractivity contribution in [3.63, 3.8) is 0 Å². The van der Waals surface area contributed by atoms with Crippen molar-refractivity contribution in [3.05, 3.63) is 60.2 Å². The first-order valence-corrected chi connectivity index (χ1v) is 14.3. The van der Waals surface area contributed by atoms with Crippen molar-refractivity contribution in [2.24, 2.45) is 17.8 Å². The zero-order chi connectivity index (χ0) is 27.4. The zero-order valence-electron chi connectivity index (χ0n) is 23.8. The quantitative estimate of drug-likeness (QED) is 0.280. The molecule has 0 unspecified atom stereocenters. The highest BCUT2D eigenvalue weighted by Crippen LogP contribution is 2.44. The summed E-state index contributed by atoms with van der Waals surface area (Å²) >= 11 is 0. The van der Waals surface area contributed by atoms with Gasteiger partial charge in [-0.05, 0) is 82.2 Å². The van der Waals surface area contributed by atoms with E-state index in [0.29, 0.717) is 43.6 Å². The molecule has 6 heteroatoms. The van der Waals surface area contributed by atoms with Gasteiger partial charge in [-0.15, -0.1) is 0 Å². The van der Waals surface area contributed by atoms with Crippen LogP contribution in [-0.4, -0.2) is 56.3 Å². The second kappa shape index (κ2) is 15.2. The van der Waals surface area contributed by atoms with Crippen molar-refractivity contribution >= 4 is 5.91 Å². The Kier molecular flexibility index (Phi) is 12.1. The molecule has 210 valence electrons. The van der Waals surface area contributed by atoms with E-state index in [9.17, 15) is 9.90 Å². The van der Waals surface area contributed by atoms with E-state index >= 15 is 0 Å². The Balaban J connectivity index is 1.84. The fraction of sp³-hybridized carbons (Fsp3) is 0.594. The Morgan fingerprint density at radius 2 is 1.87 bits per heavy atom. The van der Waals surface area contributed by atoms with Crippen LogP contribution in [0.3, 0.4) is 0 Å². The van der Waals surface area contributed by atoms with Crippen LogP contribution in [0.25, 0.3) is 0 Å². The number of nitrogens with zero attached hydrogens (tertiary/aromatic N) is 1. The number of rotatable bonds is 15. The van der Waals surface area contributed by atoms with E-state index in [0.717, 1.165) is 56.5 Å². The molecule has 3 atom stereocenters.